The summed E-state index contributed by atoms with van der Waals surface area (Å²) in [6.07, 6.45) is 0. The van der Waals surface area contributed by atoms with Gasteiger partial charge in [0, 0.05) is 44.4 Å². The first kappa shape index (κ1) is 15.6. The Morgan fingerprint density at radius 3 is 2.52 bits per heavy atom. The van der Waals surface area contributed by atoms with Gasteiger partial charge in [0.05, 0.1) is 12.3 Å². The Kier molecular flexibility index (Phi) is 4.68. The number of aliphatic hydroxyl groups excluding tert-OH is 1. The minimum Gasteiger partial charge on any atom is -0.395 e. The van der Waals surface area contributed by atoms with E-state index in [2.05, 4.69) is 14.9 Å². The average Bonchev–Trinajstić information content (AvgIpc) is 2.56. The number of benzene rings is 1. The summed E-state index contributed by atoms with van der Waals surface area (Å²) in [6, 6.07) is 7.34. The SMILES string of the molecule is O=c1cc(-c2ccc(F)cc2)nc(N2CCN(CCO)CC2)[nH]1. The minimum atomic E-state index is -0.321. The van der Waals surface area contributed by atoms with Crippen LogP contribution in [0.15, 0.2) is 35.1 Å². The van der Waals surface area contributed by atoms with Crippen LogP contribution in [0.1, 0.15) is 0 Å². The molecule has 1 saturated heterocycles. The first-order valence-electron chi connectivity index (χ1n) is 7.61. The van der Waals surface area contributed by atoms with Crippen LogP contribution in [0, 0.1) is 5.82 Å². The van der Waals surface area contributed by atoms with Crippen LogP contribution in [0.3, 0.4) is 0 Å². The molecule has 0 spiro atoms. The Morgan fingerprint density at radius 2 is 1.87 bits per heavy atom. The normalized spacial score (nSPS) is 15.8. The fourth-order valence-corrected chi connectivity index (χ4v) is 2.69. The molecule has 2 N–H and O–H groups in total. The maximum atomic E-state index is 13.0. The molecule has 7 heteroatoms. The van der Waals surface area contributed by atoms with Gasteiger partial charge in [0.1, 0.15) is 5.82 Å². The Balaban J connectivity index is 1.81. The number of H-pyrrole nitrogens is 1. The molecule has 23 heavy (non-hydrogen) atoms. The van der Waals surface area contributed by atoms with Gasteiger partial charge in [-0.15, -0.1) is 0 Å². The fourth-order valence-electron chi connectivity index (χ4n) is 2.69. The molecule has 6 nitrogen and oxygen atoms in total. The molecule has 0 unspecified atom stereocenters. The molecule has 1 fully saturated rings. The first-order chi connectivity index (χ1) is 11.2. The van der Waals surface area contributed by atoms with Crippen molar-refractivity contribution in [3.05, 3.63) is 46.5 Å². The maximum absolute atomic E-state index is 13.0. The van der Waals surface area contributed by atoms with Crippen LogP contribution in [-0.2, 0) is 0 Å². The number of nitrogens with one attached hydrogen (secondary N) is 1. The summed E-state index contributed by atoms with van der Waals surface area (Å²) in [5, 5.41) is 8.98. The molecule has 3 rings (SSSR count). The molecule has 0 amide bonds. The van der Waals surface area contributed by atoms with E-state index in [1.165, 1.54) is 18.2 Å². The van der Waals surface area contributed by atoms with Gasteiger partial charge in [-0.2, -0.15) is 0 Å². The van der Waals surface area contributed by atoms with Crippen LogP contribution in [0.2, 0.25) is 0 Å². The van der Waals surface area contributed by atoms with Crippen LogP contribution in [0.5, 0.6) is 0 Å². The number of rotatable bonds is 4. The largest absolute Gasteiger partial charge is 0.395 e. The summed E-state index contributed by atoms with van der Waals surface area (Å²) < 4.78 is 13.0. The quantitative estimate of drug-likeness (QED) is 0.868. The van der Waals surface area contributed by atoms with E-state index >= 15 is 0 Å². The summed E-state index contributed by atoms with van der Waals surface area (Å²) in [6.45, 7) is 3.89. The van der Waals surface area contributed by atoms with Crippen molar-refractivity contribution in [2.24, 2.45) is 0 Å². The van der Waals surface area contributed by atoms with E-state index in [0.29, 0.717) is 23.8 Å². The van der Waals surface area contributed by atoms with E-state index < -0.39 is 0 Å². The van der Waals surface area contributed by atoms with Gasteiger partial charge in [-0.1, -0.05) is 0 Å². The van der Waals surface area contributed by atoms with Crippen molar-refractivity contribution in [3.63, 3.8) is 0 Å². The van der Waals surface area contributed by atoms with E-state index in [0.717, 1.165) is 26.2 Å². The number of halogens is 1. The second-order valence-electron chi connectivity index (χ2n) is 5.51. The van der Waals surface area contributed by atoms with Crippen molar-refractivity contribution in [2.75, 3.05) is 44.2 Å². The lowest BCUT2D eigenvalue weighted by Gasteiger charge is -2.34. The summed E-state index contributed by atoms with van der Waals surface area (Å²) in [7, 11) is 0. The predicted molar refractivity (Wildman–Crippen MR) is 86.0 cm³/mol. The number of nitrogens with zero attached hydrogens (tertiary/aromatic N) is 3. The van der Waals surface area contributed by atoms with Crippen molar-refractivity contribution in [2.45, 2.75) is 0 Å². The highest BCUT2D eigenvalue weighted by Crippen LogP contribution is 2.18. The van der Waals surface area contributed by atoms with Crippen molar-refractivity contribution in [3.8, 4) is 11.3 Å². The lowest BCUT2D eigenvalue weighted by molar-refractivity contribution is 0.188. The number of anilines is 1. The standard InChI is InChI=1S/C16H19FN4O2/c17-13-3-1-12(2-4-13)14-11-15(23)19-16(18-14)21-7-5-20(6-8-21)9-10-22/h1-4,11,22H,5-10H2,(H,18,19,23). The lowest BCUT2D eigenvalue weighted by atomic mass is 10.1. The lowest BCUT2D eigenvalue weighted by Crippen LogP contribution is -2.48. The van der Waals surface area contributed by atoms with Gasteiger partial charge in [-0.3, -0.25) is 14.7 Å². The van der Waals surface area contributed by atoms with E-state index in [1.807, 2.05) is 4.90 Å². The van der Waals surface area contributed by atoms with E-state index in [-0.39, 0.29) is 18.0 Å². The molecule has 1 aromatic carbocycles. The topological polar surface area (TPSA) is 72.5 Å². The van der Waals surface area contributed by atoms with Crippen LogP contribution >= 0.6 is 0 Å². The molecule has 1 aliphatic heterocycles. The number of aliphatic hydroxyl groups is 1. The van der Waals surface area contributed by atoms with Crippen molar-refractivity contribution in [1.82, 2.24) is 14.9 Å². The highest BCUT2D eigenvalue weighted by atomic mass is 19.1. The number of hydrogen-bond donors (Lipinski definition) is 2. The summed E-state index contributed by atoms with van der Waals surface area (Å²) in [5.41, 5.74) is 1.01. The molecule has 122 valence electrons. The van der Waals surface area contributed by atoms with Gasteiger partial charge in [-0.05, 0) is 24.3 Å². The number of piperazine rings is 1. The molecular weight excluding hydrogens is 299 g/mol. The van der Waals surface area contributed by atoms with Gasteiger partial charge < -0.3 is 10.0 Å². The third-order valence-electron chi connectivity index (χ3n) is 3.96. The Labute approximate surface area is 133 Å². The molecule has 0 atom stereocenters. The smallest absolute Gasteiger partial charge is 0.252 e. The van der Waals surface area contributed by atoms with E-state index in [4.69, 9.17) is 5.11 Å². The van der Waals surface area contributed by atoms with Crippen LogP contribution < -0.4 is 10.5 Å². The zero-order chi connectivity index (χ0) is 16.2. The van der Waals surface area contributed by atoms with Gasteiger partial charge in [0.15, 0.2) is 0 Å². The summed E-state index contributed by atoms with van der Waals surface area (Å²) >= 11 is 0. The molecule has 0 saturated carbocycles. The molecule has 1 aliphatic rings. The molecule has 2 heterocycles. The molecule has 0 bridgehead atoms. The highest BCUT2D eigenvalue weighted by molar-refractivity contribution is 5.60. The predicted octanol–water partition coefficient (Wildman–Crippen LogP) is 0.690. The zero-order valence-corrected chi connectivity index (χ0v) is 12.7. The Hall–Kier alpha value is -2.25. The molecule has 2 aromatic rings. The summed E-state index contributed by atoms with van der Waals surface area (Å²) in [4.78, 5) is 23.4. The zero-order valence-electron chi connectivity index (χ0n) is 12.7. The number of β-amino-alcohol motifs (C(OH)–C–C–N with tert-alkyl or cyclic N) is 1. The van der Waals surface area contributed by atoms with Crippen LogP contribution in [0.25, 0.3) is 11.3 Å². The Morgan fingerprint density at radius 1 is 1.17 bits per heavy atom. The summed E-state index contributed by atoms with van der Waals surface area (Å²) in [5.74, 6) is 0.208. The van der Waals surface area contributed by atoms with E-state index in [9.17, 15) is 9.18 Å². The third kappa shape index (κ3) is 3.75. The molecule has 0 radical (unpaired) electrons. The molecule has 1 aromatic heterocycles. The maximum Gasteiger partial charge on any atom is 0.252 e. The monoisotopic (exact) mass is 318 g/mol. The average molecular weight is 318 g/mol. The molecule has 0 aliphatic carbocycles. The minimum absolute atomic E-state index is 0.148. The van der Waals surface area contributed by atoms with Gasteiger partial charge >= 0.3 is 0 Å². The van der Waals surface area contributed by atoms with E-state index in [1.54, 1.807) is 12.1 Å². The number of aromatic nitrogens is 2. The first-order valence-corrected chi connectivity index (χ1v) is 7.61. The van der Waals surface area contributed by atoms with Gasteiger partial charge in [-0.25, -0.2) is 9.37 Å². The van der Waals surface area contributed by atoms with Gasteiger partial charge in [0.25, 0.3) is 5.56 Å². The van der Waals surface area contributed by atoms with Crippen molar-refractivity contribution in [1.29, 1.82) is 0 Å². The van der Waals surface area contributed by atoms with Crippen LogP contribution in [0.4, 0.5) is 10.3 Å². The second kappa shape index (κ2) is 6.89. The highest BCUT2D eigenvalue weighted by Gasteiger charge is 2.19. The van der Waals surface area contributed by atoms with Crippen molar-refractivity contribution >= 4 is 5.95 Å². The fraction of sp³-hybridized carbons (Fsp3) is 0.375. The second-order valence-corrected chi connectivity index (χ2v) is 5.51. The Bertz CT molecular complexity index is 709. The number of hydrogen-bond acceptors (Lipinski definition) is 5. The number of aromatic amines is 1. The van der Waals surface area contributed by atoms with Crippen LogP contribution in [-0.4, -0.2) is 59.3 Å². The van der Waals surface area contributed by atoms with Crippen molar-refractivity contribution < 1.29 is 9.50 Å². The third-order valence-corrected chi connectivity index (χ3v) is 3.96. The molecular formula is C16H19FN4O2. The van der Waals surface area contributed by atoms with Gasteiger partial charge in [0.2, 0.25) is 5.95 Å².